The zero-order valence-corrected chi connectivity index (χ0v) is 17.4. The van der Waals surface area contributed by atoms with Crippen LogP contribution in [-0.4, -0.2) is 59.6 Å². The maximum Gasteiger partial charge on any atom is 0.334 e. The summed E-state index contributed by atoms with van der Waals surface area (Å²) in [6.07, 6.45) is 3.05. The molecule has 0 amide bonds. The van der Waals surface area contributed by atoms with E-state index in [4.69, 9.17) is 19.3 Å². The lowest BCUT2D eigenvalue weighted by Crippen LogP contribution is -2.34. The molecule has 30 heavy (non-hydrogen) atoms. The predicted octanol–water partition coefficient (Wildman–Crippen LogP) is 1.53. The van der Waals surface area contributed by atoms with Gasteiger partial charge in [0.15, 0.2) is 0 Å². The SMILES string of the molecule is C=C1C(=O)O[C@H]2/C=C(\CO)[C@H](OC(C)=O)C/C=C(\C)C[C@@H](OC(=O)/C(C)=C\CO)[C@@H]12. The Morgan fingerprint density at radius 1 is 1.30 bits per heavy atom. The van der Waals surface area contributed by atoms with Gasteiger partial charge in [0, 0.05) is 30.9 Å². The molecule has 1 fully saturated rings. The number of aliphatic hydroxyl groups excluding tert-OH is 2. The molecule has 8 nitrogen and oxygen atoms in total. The van der Waals surface area contributed by atoms with Crippen molar-refractivity contribution < 1.29 is 38.8 Å². The van der Waals surface area contributed by atoms with Crippen LogP contribution in [0.2, 0.25) is 0 Å². The quantitative estimate of drug-likeness (QED) is 0.297. The van der Waals surface area contributed by atoms with Gasteiger partial charge < -0.3 is 24.4 Å². The fourth-order valence-electron chi connectivity index (χ4n) is 3.53. The molecule has 0 spiro atoms. The number of ether oxygens (including phenoxy) is 3. The van der Waals surface area contributed by atoms with Crippen LogP contribution in [0.15, 0.2) is 47.1 Å². The summed E-state index contributed by atoms with van der Waals surface area (Å²) in [5.74, 6) is -2.41. The Labute approximate surface area is 175 Å². The molecule has 0 saturated carbocycles. The smallest absolute Gasteiger partial charge is 0.334 e. The van der Waals surface area contributed by atoms with E-state index in [-0.39, 0.29) is 17.8 Å². The molecule has 8 heteroatoms. The second-order valence-electron chi connectivity index (χ2n) is 7.42. The first-order valence-electron chi connectivity index (χ1n) is 9.70. The minimum absolute atomic E-state index is 0.160. The van der Waals surface area contributed by atoms with Crippen molar-refractivity contribution in [1.29, 1.82) is 0 Å². The van der Waals surface area contributed by atoms with Crippen LogP contribution in [0, 0.1) is 5.92 Å². The molecule has 164 valence electrons. The molecular formula is C22H28O8. The summed E-state index contributed by atoms with van der Waals surface area (Å²) < 4.78 is 16.4. The average Bonchev–Trinajstić information content (AvgIpc) is 2.95. The van der Waals surface area contributed by atoms with Gasteiger partial charge in [-0.05, 0) is 31.6 Å². The average molecular weight is 420 g/mol. The molecule has 2 N–H and O–H groups in total. The van der Waals surface area contributed by atoms with Gasteiger partial charge in [0.05, 0.1) is 19.1 Å². The van der Waals surface area contributed by atoms with Gasteiger partial charge in [0.1, 0.15) is 18.3 Å². The highest BCUT2D eigenvalue weighted by Gasteiger charge is 2.45. The summed E-state index contributed by atoms with van der Waals surface area (Å²) in [5.41, 5.74) is 1.63. The van der Waals surface area contributed by atoms with Gasteiger partial charge in [0.2, 0.25) is 0 Å². The van der Waals surface area contributed by atoms with Crippen molar-refractivity contribution in [2.45, 2.75) is 51.9 Å². The normalized spacial score (nSPS) is 30.9. The topological polar surface area (TPSA) is 119 Å². The number of aliphatic hydroxyl groups is 2. The fourth-order valence-corrected chi connectivity index (χ4v) is 3.53. The van der Waals surface area contributed by atoms with E-state index in [1.165, 1.54) is 19.9 Å². The molecule has 0 aromatic heterocycles. The van der Waals surface area contributed by atoms with E-state index < -0.39 is 48.7 Å². The van der Waals surface area contributed by atoms with Gasteiger partial charge in [-0.15, -0.1) is 0 Å². The largest absolute Gasteiger partial charge is 0.458 e. The number of hydrogen-bond acceptors (Lipinski definition) is 8. The van der Waals surface area contributed by atoms with E-state index in [1.807, 2.05) is 13.0 Å². The van der Waals surface area contributed by atoms with E-state index in [2.05, 4.69) is 6.58 Å². The van der Waals surface area contributed by atoms with Gasteiger partial charge >= 0.3 is 17.9 Å². The lowest BCUT2D eigenvalue weighted by atomic mass is 9.85. The first-order chi connectivity index (χ1) is 14.2. The minimum Gasteiger partial charge on any atom is -0.458 e. The highest BCUT2D eigenvalue weighted by Crippen LogP contribution is 2.36. The van der Waals surface area contributed by atoms with Crippen molar-refractivity contribution in [3.05, 3.63) is 47.1 Å². The zero-order chi connectivity index (χ0) is 22.4. The second kappa shape index (κ2) is 10.4. The van der Waals surface area contributed by atoms with Crippen LogP contribution in [0.3, 0.4) is 0 Å². The number of hydrogen-bond donors (Lipinski definition) is 2. The maximum atomic E-state index is 12.4. The van der Waals surface area contributed by atoms with Crippen LogP contribution in [-0.2, 0) is 28.6 Å². The molecule has 0 bridgehead atoms. The lowest BCUT2D eigenvalue weighted by molar-refractivity contribution is -0.148. The second-order valence-corrected chi connectivity index (χ2v) is 7.42. The lowest BCUT2D eigenvalue weighted by Gasteiger charge is -2.29. The van der Waals surface area contributed by atoms with Crippen molar-refractivity contribution in [3.63, 3.8) is 0 Å². The summed E-state index contributed by atoms with van der Waals surface area (Å²) in [6, 6.07) is 0. The van der Waals surface area contributed by atoms with E-state index in [1.54, 1.807) is 6.08 Å². The predicted molar refractivity (Wildman–Crippen MR) is 107 cm³/mol. The minimum atomic E-state index is -0.837. The van der Waals surface area contributed by atoms with Crippen LogP contribution in [0.4, 0.5) is 0 Å². The van der Waals surface area contributed by atoms with Crippen LogP contribution in [0.1, 0.15) is 33.6 Å². The Bertz CT molecular complexity index is 804. The molecule has 2 aliphatic rings. The summed E-state index contributed by atoms with van der Waals surface area (Å²) in [7, 11) is 0. The molecule has 0 aromatic rings. The van der Waals surface area contributed by atoms with Crippen LogP contribution >= 0.6 is 0 Å². The number of fused-ring (bicyclic) bond motifs is 1. The van der Waals surface area contributed by atoms with Crippen molar-refractivity contribution >= 4 is 17.9 Å². The number of carbonyl (C=O) groups is 3. The van der Waals surface area contributed by atoms with E-state index in [0.717, 1.165) is 5.57 Å². The van der Waals surface area contributed by atoms with E-state index in [0.29, 0.717) is 18.4 Å². The van der Waals surface area contributed by atoms with Gasteiger partial charge in [-0.25, -0.2) is 9.59 Å². The highest BCUT2D eigenvalue weighted by molar-refractivity contribution is 5.92. The van der Waals surface area contributed by atoms with Gasteiger partial charge in [-0.1, -0.05) is 18.2 Å². The van der Waals surface area contributed by atoms with E-state index >= 15 is 0 Å². The molecule has 1 aliphatic carbocycles. The monoisotopic (exact) mass is 420 g/mol. The molecule has 2 rings (SSSR count). The third kappa shape index (κ3) is 5.67. The molecule has 1 saturated heterocycles. The number of rotatable bonds is 5. The highest BCUT2D eigenvalue weighted by atomic mass is 16.6. The standard InChI is InChI=1S/C22H28O8/c1-12-5-6-17(28-15(4)25)16(11-24)10-19-20(14(3)22(27)30-19)18(9-12)29-21(26)13(2)7-8-23/h5,7,10,17-20,23-24H,3,6,8-9,11H2,1-2,4H3/b12-5+,13-7-,16-10+/t17-,18-,19+,20-/m1/s1. The molecule has 0 unspecified atom stereocenters. The molecular weight excluding hydrogens is 392 g/mol. The van der Waals surface area contributed by atoms with Crippen LogP contribution in [0.25, 0.3) is 0 Å². The molecule has 0 radical (unpaired) electrons. The van der Waals surface area contributed by atoms with Crippen molar-refractivity contribution in [2.24, 2.45) is 5.92 Å². The third-order valence-corrected chi connectivity index (χ3v) is 5.13. The van der Waals surface area contributed by atoms with E-state index in [9.17, 15) is 19.5 Å². The number of carbonyl (C=O) groups excluding carboxylic acids is 3. The summed E-state index contributed by atoms with van der Waals surface area (Å²) >= 11 is 0. The van der Waals surface area contributed by atoms with Gasteiger partial charge in [0.25, 0.3) is 0 Å². The maximum absolute atomic E-state index is 12.4. The van der Waals surface area contributed by atoms with Crippen molar-refractivity contribution in [3.8, 4) is 0 Å². The molecule has 1 aliphatic heterocycles. The van der Waals surface area contributed by atoms with Crippen LogP contribution in [0.5, 0.6) is 0 Å². The number of esters is 3. The molecule has 4 atom stereocenters. The summed E-state index contributed by atoms with van der Waals surface area (Å²) in [6.45, 7) is 7.75. The summed E-state index contributed by atoms with van der Waals surface area (Å²) in [4.78, 5) is 36.2. The van der Waals surface area contributed by atoms with Crippen LogP contribution < -0.4 is 0 Å². The zero-order valence-electron chi connectivity index (χ0n) is 17.4. The third-order valence-electron chi connectivity index (χ3n) is 5.13. The first kappa shape index (κ1) is 23.6. The van der Waals surface area contributed by atoms with Gasteiger partial charge in [-0.3, -0.25) is 4.79 Å². The fraction of sp³-hybridized carbons (Fsp3) is 0.500. The van der Waals surface area contributed by atoms with Gasteiger partial charge in [-0.2, -0.15) is 0 Å². The summed E-state index contributed by atoms with van der Waals surface area (Å²) in [5, 5.41) is 18.9. The first-order valence-corrected chi connectivity index (χ1v) is 9.70. The molecule has 1 heterocycles. The Morgan fingerprint density at radius 2 is 2.00 bits per heavy atom. The van der Waals surface area contributed by atoms with Crippen molar-refractivity contribution in [2.75, 3.05) is 13.2 Å². The Morgan fingerprint density at radius 3 is 2.60 bits per heavy atom. The van der Waals surface area contributed by atoms with Crippen molar-refractivity contribution in [1.82, 2.24) is 0 Å². The Balaban J connectivity index is 2.46. The Hall–Kier alpha value is -2.71. The molecule has 0 aromatic carbocycles. The Kier molecular flexibility index (Phi) is 8.14.